The molecule has 1 unspecified atom stereocenters. The van der Waals surface area contributed by atoms with Crippen LogP contribution in [0, 0.1) is 5.92 Å². The Kier molecular flexibility index (Phi) is 6.01. The molecular formula is C15H28N2O4. The number of ether oxygens (including phenoxy) is 2. The van der Waals surface area contributed by atoms with Gasteiger partial charge in [0.2, 0.25) is 0 Å². The lowest BCUT2D eigenvalue weighted by Crippen LogP contribution is -2.55. The monoisotopic (exact) mass is 300 g/mol. The van der Waals surface area contributed by atoms with Crippen molar-refractivity contribution in [1.29, 1.82) is 0 Å². The third kappa shape index (κ3) is 5.91. The molecule has 1 atom stereocenters. The SMILES string of the molecule is COC(=O)C(C)(CC1CCNCC1)NC(=O)OC(C)(C)C. The molecule has 0 radical (unpaired) electrons. The molecule has 2 N–H and O–H groups in total. The van der Waals surface area contributed by atoms with Gasteiger partial charge in [0.15, 0.2) is 0 Å². The highest BCUT2D eigenvalue weighted by molar-refractivity contribution is 5.85. The van der Waals surface area contributed by atoms with Crippen LogP contribution in [0.3, 0.4) is 0 Å². The third-order valence-electron chi connectivity index (χ3n) is 3.57. The topological polar surface area (TPSA) is 76.7 Å². The molecule has 1 saturated heterocycles. The summed E-state index contributed by atoms with van der Waals surface area (Å²) in [5.41, 5.74) is -1.66. The number of amides is 1. The van der Waals surface area contributed by atoms with Crippen LogP contribution in [0.1, 0.15) is 47.0 Å². The zero-order valence-corrected chi connectivity index (χ0v) is 13.7. The Morgan fingerprint density at radius 1 is 1.19 bits per heavy atom. The molecule has 0 aromatic carbocycles. The minimum atomic E-state index is -1.06. The fourth-order valence-corrected chi connectivity index (χ4v) is 2.60. The smallest absolute Gasteiger partial charge is 0.408 e. The van der Waals surface area contributed by atoms with Gasteiger partial charge >= 0.3 is 12.1 Å². The maximum absolute atomic E-state index is 12.1. The van der Waals surface area contributed by atoms with E-state index in [-0.39, 0.29) is 0 Å². The van der Waals surface area contributed by atoms with Crippen LogP contribution >= 0.6 is 0 Å². The van der Waals surface area contributed by atoms with Gasteiger partial charge < -0.3 is 20.1 Å². The maximum Gasteiger partial charge on any atom is 0.408 e. The van der Waals surface area contributed by atoms with Crippen molar-refractivity contribution in [2.45, 2.75) is 58.1 Å². The van der Waals surface area contributed by atoms with Crippen LogP contribution in [-0.4, -0.2) is 43.4 Å². The lowest BCUT2D eigenvalue weighted by molar-refractivity contribution is -0.148. The standard InChI is InChI=1S/C15H28N2O4/c1-14(2,3)21-13(19)17-15(4,12(18)20-5)10-11-6-8-16-9-7-11/h11,16H,6-10H2,1-5H3,(H,17,19). The van der Waals surface area contributed by atoms with Crippen molar-refractivity contribution in [3.8, 4) is 0 Å². The fourth-order valence-electron chi connectivity index (χ4n) is 2.60. The summed E-state index contributed by atoms with van der Waals surface area (Å²) in [6.45, 7) is 8.94. The first kappa shape index (κ1) is 17.8. The van der Waals surface area contributed by atoms with Crippen molar-refractivity contribution < 1.29 is 19.1 Å². The highest BCUT2D eigenvalue weighted by Gasteiger charge is 2.39. The molecule has 6 heteroatoms. The largest absolute Gasteiger partial charge is 0.467 e. The molecule has 0 spiro atoms. The van der Waals surface area contributed by atoms with Gasteiger partial charge in [-0.15, -0.1) is 0 Å². The van der Waals surface area contributed by atoms with E-state index in [0.29, 0.717) is 12.3 Å². The minimum absolute atomic E-state index is 0.380. The van der Waals surface area contributed by atoms with Gasteiger partial charge in [0.1, 0.15) is 11.1 Å². The van der Waals surface area contributed by atoms with E-state index >= 15 is 0 Å². The number of hydrogen-bond donors (Lipinski definition) is 2. The average Bonchev–Trinajstić information content (AvgIpc) is 2.36. The molecule has 1 fully saturated rings. The van der Waals surface area contributed by atoms with Gasteiger partial charge in [-0.25, -0.2) is 9.59 Å². The summed E-state index contributed by atoms with van der Waals surface area (Å²) < 4.78 is 10.1. The Hall–Kier alpha value is -1.30. The van der Waals surface area contributed by atoms with E-state index in [1.165, 1.54) is 7.11 Å². The van der Waals surface area contributed by atoms with Gasteiger partial charge in [0.25, 0.3) is 0 Å². The molecule has 0 aromatic heterocycles. The quantitative estimate of drug-likeness (QED) is 0.775. The van der Waals surface area contributed by atoms with E-state index in [2.05, 4.69) is 10.6 Å². The van der Waals surface area contributed by atoms with E-state index in [0.717, 1.165) is 25.9 Å². The summed E-state index contributed by atoms with van der Waals surface area (Å²) in [4.78, 5) is 24.1. The van der Waals surface area contributed by atoms with E-state index in [9.17, 15) is 9.59 Å². The van der Waals surface area contributed by atoms with Crippen LogP contribution in [0.2, 0.25) is 0 Å². The zero-order valence-electron chi connectivity index (χ0n) is 13.7. The second-order valence-electron chi connectivity index (χ2n) is 6.85. The predicted molar refractivity (Wildman–Crippen MR) is 80.0 cm³/mol. The first-order valence-corrected chi connectivity index (χ1v) is 7.46. The minimum Gasteiger partial charge on any atom is -0.467 e. The van der Waals surface area contributed by atoms with Crippen LogP contribution in [0.5, 0.6) is 0 Å². The summed E-state index contributed by atoms with van der Waals surface area (Å²) >= 11 is 0. The number of piperidine rings is 1. The zero-order chi connectivity index (χ0) is 16.1. The summed E-state index contributed by atoms with van der Waals surface area (Å²) in [5, 5.41) is 5.98. The Bertz CT molecular complexity index is 372. The number of esters is 1. The lowest BCUT2D eigenvalue weighted by Gasteiger charge is -2.34. The number of hydrogen-bond acceptors (Lipinski definition) is 5. The van der Waals surface area contributed by atoms with Crippen molar-refractivity contribution in [2.75, 3.05) is 20.2 Å². The molecule has 0 bridgehead atoms. The summed E-state index contributed by atoms with van der Waals surface area (Å²) in [6, 6.07) is 0. The number of rotatable bonds is 4. The number of nitrogens with one attached hydrogen (secondary N) is 2. The van der Waals surface area contributed by atoms with Crippen LogP contribution < -0.4 is 10.6 Å². The first-order valence-electron chi connectivity index (χ1n) is 7.46. The molecule has 1 aliphatic heterocycles. The number of methoxy groups -OCH3 is 1. The number of carbonyl (C=O) groups excluding carboxylic acids is 2. The van der Waals surface area contributed by atoms with E-state index in [1.54, 1.807) is 27.7 Å². The molecule has 122 valence electrons. The molecule has 6 nitrogen and oxygen atoms in total. The maximum atomic E-state index is 12.1. The van der Waals surface area contributed by atoms with Crippen molar-refractivity contribution in [3.05, 3.63) is 0 Å². The molecule has 1 heterocycles. The van der Waals surface area contributed by atoms with Crippen molar-refractivity contribution in [3.63, 3.8) is 0 Å². The van der Waals surface area contributed by atoms with Gasteiger partial charge in [0.05, 0.1) is 7.11 Å². The molecule has 21 heavy (non-hydrogen) atoms. The number of carbonyl (C=O) groups is 2. The lowest BCUT2D eigenvalue weighted by atomic mass is 9.84. The van der Waals surface area contributed by atoms with Crippen molar-refractivity contribution >= 4 is 12.1 Å². The van der Waals surface area contributed by atoms with Crippen LogP contribution in [0.15, 0.2) is 0 Å². The van der Waals surface area contributed by atoms with Crippen molar-refractivity contribution in [2.24, 2.45) is 5.92 Å². The first-order chi connectivity index (χ1) is 9.66. The Balaban J connectivity index is 2.73. The highest BCUT2D eigenvalue weighted by atomic mass is 16.6. The van der Waals surface area contributed by atoms with Gasteiger partial charge in [-0.3, -0.25) is 0 Å². The molecule has 1 aliphatic rings. The van der Waals surface area contributed by atoms with E-state index < -0.39 is 23.2 Å². The second-order valence-corrected chi connectivity index (χ2v) is 6.85. The Labute approximate surface area is 126 Å². The van der Waals surface area contributed by atoms with Gasteiger partial charge in [-0.2, -0.15) is 0 Å². The van der Waals surface area contributed by atoms with Gasteiger partial charge in [-0.1, -0.05) is 0 Å². The molecule has 1 amide bonds. The van der Waals surface area contributed by atoms with Gasteiger partial charge in [-0.05, 0) is 66.0 Å². The van der Waals surface area contributed by atoms with Crippen LogP contribution in [-0.2, 0) is 14.3 Å². The van der Waals surface area contributed by atoms with Gasteiger partial charge in [0, 0.05) is 0 Å². The summed E-state index contributed by atoms with van der Waals surface area (Å²) in [7, 11) is 1.33. The highest BCUT2D eigenvalue weighted by Crippen LogP contribution is 2.25. The molecular weight excluding hydrogens is 272 g/mol. The van der Waals surface area contributed by atoms with E-state index in [4.69, 9.17) is 9.47 Å². The second kappa shape index (κ2) is 7.11. The molecule has 0 aliphatic carbocycles. The molecule has 0 aromatic rings. The predicted octanol–water partition coefficient (Wildman–Crippen LogP) is 1.83. The fraction of sp³-hybridized carbons (Fsp3) is 0.867. The Morgan fingerprint density at radius 2 is 1.76 bits per heavy atom. The van der Waals surface area contributed by atoms with Crippen molar-refractivity contribution in [1.82, 2.24) is 10.6 Å². The molecule has 0 saturated carbocycles. The average molecular weight is 300 g/mol. The van der Waals surface area contributed by atoms with E-state index in [1.807, 2.05) is 0 Å². The normalized spacial score (nSPS) is 19.5. The van der Waals surface area contributed by atoms with Crippen LogP contribution in [0.4, 0.5) is 4.79 Å². The van der Waals surface area contributed by atoms with Crippen LogP contribution in [0.25, 0.3) is 0 Å². The summed E-state index contributed by atoms with van der Waals surface area (Å²) in [5.74, 6) is -0.0582. The Morgan fingerprint density at radius 3 is 2.24 bits per heavy atom. The number of alkyl carbamates (subject to hydrolysis) is 1. The molecule has 1 rings (SSSR count). The third-order valence-corrected chi connectivity index (χ3v) is 3.57. The summed E-state index contributed by atoms with van der Waals surface area (Å²) in [6.07, 6.45) is 1.94.